The summed E-state index contributed by atoms with van der Waals surface area (Å²) in [6.07, 6.45) is 0. The molecule has 0 atom stereocenters. The summed E-state index contributed by atoms with van der Waals surface area (Å²) in [5.41, 5.74) is 3.09. The minimum Gasteiger partial charge on any atom is -0.368 e. The SMILES string of the molecule is Cc1cc(Cl)ccc1N1CCN(C(=O)c2ccccc2Br)CC1. The minimum absolute atomic E-state index is 0.0879. The van der Waals surface area contributed by atoms with Crippen molar-refractivity contribution in [2.24, 2.45) is 0 Å². The lowest BCUT2D eigenvalue weighted by Crippen LogP contribution is -2.49. The number of anilines is 1. The van der Waals surface area contributed by atoms with Crippen molar-refractivity contribution in [3.05, 3.63) is 63.1 Å². The minimum atomic E-state index is 0.0879. The molecule has 2 aromatic rings. The molecule has 1 aliphatic heterocycles. The number of rotatable bonds is 2. The second kappa shape index (κ2) is 6.93. The molecule has 1 amide bonds. The number of piperazine rings is 1. The molecule has 120 valence electrons. The van der Waals surface area contributed by atoms with Crippen molar-refractivity contribution in [3.8, 4) is 0 Å². The van der Waals surface area contributed by atoms with Crippen LogP contribution in [0.1, 0.15) is 15.9 Å². The fourth-order valence-corrected chi connectivity index (χ4v) is 3.61. The zero-order chi connectivity index (χ0) is 16.4. The monoisotopic (exact) mass is 392 g/mol. The number of amides is 1. The molecule has 0 N–H and O–H groups in total. The van der Waals surface area contributed by atoms with E-state index in [2.05, 4.69) is 33.8 Å². The first-order valence-corrected chi connectivity index (χ1v) is 8.78. The van der Waals surface area contributed by atoms with E-state index in [4.69, 9.17) is 11.6 Å². The highest BCUT2D eigenvalue weighted by molar-refractivity contribution is 9.10. The summed E-state index contributed by atoms with van der Waals surface area (Å²) in [7, 11) is 0. The Kier molecular flexibility index (Phi) is 4.93. The van der Waals surface area contributed by atoms with Crippen molar-refractivity contribution in [1.29, 1.82) is 0 Å². The average molecular weight is 394 g/mol. The van der Waals surface area contributed by atoms with E-state index >= 15 is 0 Å². The van der Waals surface area contributed by atoms with Crippen LogP contribution in [0.25, 0.3) is 0 Å². The highest BCUT2D eigenvalue weighted by atomic mass is 79.9. The molecule has 1 aliphatic rings. The van der Waals surface area contributed by atoms with Crippen molar-refractivity contribution in [1.82, 2.24) is 4.90 Å². The van der Waals surface area contributed by atoms with E-state index in [0.29, 0.717) is 0 Å². The van der Waals surface area contributed by atoms with Crippen LogP contribution >= 0.6 is 27.5 Å². The third-order valence-electron chi connectivity index (χ3n) is 4.17. The Morgan fingerprint density at radius 1 is 1.09 bits per heavy atom. The topological polar surface area (TPSA) is 23.6 Å². The molecule has 2 aromatic carbocycles. The van der Waals surface area contributed by atoms with Gasteiger partial charge in [-0.1, -0.05) is 23.7 Å². The summed E-state index contributed by atoms with van der Waals surface area (Å²) in [5, 5.41) is 0.758. The van der Waals surface area contributed by atoms with E-state index < -0.39 is 0 Å². The molecule has 0 saturated carbocycles. The van der Waals surface area contributed by atoms with Crippen molar-refractivity contribution in [2.75, 3.05) is 31.1 Å². The number of hydrogen-bond donors (Lipinski definition) is 0. The maximum absolute atomic E-state index is 12.6. The number of benzene rings is 2. The lowest BCUT2D eigenvalue weighted by molar-refractivity contribution is 0.0746. The smallest absolute Gasteiger partial charge is 0.255 e. The summed E-state index contributed by atoms with van der Waals surface area (Å²) in [5.74, 6) is 0.0879. The van der Waals surface area contributed by atoms with Gasteiger partial charge in [-0.3, -0.25) is 4.79 Å². The van der Waals surface area contributed by atoms with Gasteiger partial charge < -0.3 is 9.80 Å². The fraction of sp³-hybridized carbons (Fsp3) is 0.278. The van der Waals surface area contributed by atoms with E-state index in [-0.39, 0.29) is 5.91 Å². The number of aryl methyl sites for hydroxylation is 1. The van der Waals surface area contributed by atoms with Gasteiger partial charge in [-0.15, -0.1) is 0 Å². The zero-order valence-corrected chi connectivity index (χ0v) is 15.3. The number of carbonyl (C=O) groups is 1. The molecular weight excluding hydrogens is 376 g/mol. The van der Waals surface area contributed by atoms with E-state index in [1.165, 1.54) is 11.3 Å². The maximum atomic E-state index is 12.6. The molecule has 0 aliphatic carbocycles. The van der Waals surface area contributed by atoms with E-state index in [1.807, 2.05) is 41.3 Å². The lowest BCUT2D eigenvalue weighted by Gasteiger charge is -2.37. The molecule has 3 nitrogen and oxygen atoms in total. The average Bonchev–Trinajstić information content (AvgIpc) is 2.55. The van der Waals surface area contributed by atoms with Crippen LogP contribution in [-0.4, -0.2) is 37.0 Å². The molecule has 1 saturated heterocycles. The highest BCUT2D eigenvalue weighted by Crippen LogP contribution is 2.25. The Morgan fingerprint density at radius 3 is 2.43 bits per heavy atom. The summed E-state index contributed by atoms with van der Waals surface area (Å²) < 4.78 is 0.848. The Hall–Kier alpha value is -1.52. The van der Waals surface area contributed by atoms with Gasteiger partial charge in [0.2, 0.25) is 0 Å². The van der Waals surface area contributed by atoms with Gasteiger partial charge in [0.05, 0.1) is 5.56 Å². The molecule has 0 unspecified atom stereocenters. The Morgan fingerprint density at radius 2 is 1.78 bits per heavy atom. The van der Waals surface area contributed by atoms with Gasteiger partial charge in [-0.2, -0.15) is 0 Å². The first kappa shape index (κ1) is 16.3. The maximum Gasteiger partial charge on any atom is 0.255 e. The van der Waals surface area contributed by atoms with Crippen molar-refractivity contribution in [2.45, 2.75) is 6.92 Å². The van der Waals surface area contributed by atoms with Crippen molar-refractivity contribution in [3.63, 3.8) is 0 Å². The lowest BCUT2D eigenvalue weighted by atomic mass is 10.1. The van der Waals surface area contributed by atoms with Gasteiger partial charge >= 0.3 is 0 Å². The van der Waals surface area contributed by atoms with Crippen molar-refractivity contribution >= 4 is 39.1 Å². The number of carbonyl (C=O) groups excluding carboxylic acids is 1. The summed E-state index contributed by atoms with van der Waals surface area (Å²) in [4.78, 5) is 16.9. The van der Waals surface area contributed by atoms with Crippen LogP contribution in [0.2, 0.25) is 5.02 Å². The van der Waals surface area contributed by atoms with Gasteiger partial charge in [0, 0.05) is 41.4 Å². The van der Waals surface area contributed by atoms with Crippen LogP contribution in [0, 0.1) is 6.92 Å². The summed E-state index contributed by atoms with van der Waals surface area (Å²) >= 11 is 9.49. The number of nitrogens with zero attached hydrogens (tertiary/aromatic N) is 2. The molecular formula is C18H18BrClN2O. The van der Waals surface area contributed by atoms with E-state index in [9.17, 15) is 4.79 Å². The van der Waals surface area contributed by atoms with E-state index in [0.717, 1.165) is 41.2 Å². The molecule has 1 fully saturated rings. The second-order valence-corrected chi connectivity index (χ2v) is 6.98. The van der Waals surface area contributed by atoms with Crippen LogP contribution < -0.4 is 4.90 Å². The number of halogens is 2. The van der Waals surface area contributed by atoms with Gasteiger partial charge in [0.15, 0.2) is 0 Å². The van der Waals surface area contributed by atoms with Crippen LogP contribution in [0.15, 0.2) is 46.9 Å². The van der Waals surface area contributed by atoms with E-state index in [1.54, 1.807) is 0 Å². The standard InChI is InChI=1S/C18H18BrClN2O/c1-13-12-14(20)6-7-17(13)21-8-10-22(11-9-21)18(23)15-4-2-3-5-16(15)19/h2-7,12H,8-11H2,1H3. The predicted molar refractivity (Wildman–Crippen MR) is 98.4 cm³/mol. The van der Waals surface area contributed by atoms with Gasteiger partial charge in [-0.05, 0) is 58.7 Å². The first-order chi connectivity index (χ1) is 11.1. The Balaban J connectivity index is 1.69. The predicted octanol–water partition coefficient (Wildman–Crippen LogP) is 4.37. The summed E-state index contributed by atoms with van der Waals surface area (Å²) in [6.45, 7) is 5.18. The molecule has 0 bridgehead atoms. The Labute approximate surface area is 150 Å². The highest BCUT2D eigenvalue weighted by Gasteiger charge is 2.24. The molecule has 3 rings (SSSR count). The Bertz CT molecular complexity index is 727. The quantitative estimate of drug-likeness (QED) is 0.756. The third-order valence-corrected chi connectivity index (χ3v) is 5.10. The van der Waals surface area contributed by atoms with Gasteiger partial charge in [-0.25, -0.2) is 0 Å². The fourth-order valence-electron chi connectivity index (χ4n) is 2.93. The largest absolute Gasteiger partial charge is 0.368 e. The second-order valence-electron chi connectivity index (χ2n) is 5.69. The van der Waals surface area contributed by atoms with Crippen LogP contribution in [0.3, 0.4) is 0 Å². The molecule has 0 radical (unpaired) electrons. The summed E-state index contributed by atoms with van der Waals surface area (Å²) in [6, 6.07) is 13.5. The zero-order valence-electron chi connectivity index (χ0n) is 12.9. The van der Waals surface area contributed by atoms with Crippen LogP contribution in [0.5, 0.6) is 0 Å². The molecule has 1 heterocycles. The number of hydrogen-bond acceptors (Lipinski definition) is 2. The molecule has 0 aromatic heterocycles. The third kappa shape index (κ3) is 3.54. The molecule has 23 heavy (non-hydrogen) atoms. The van der Waals surface area contributed by atoms with Crippen molar-refractivity contribution < 1.29 is 4.79 Å². The first-order valence-electron chi connectivity index (χ1n) is 7.61. The molecule has 5 heteroatoms. The van der Waals surface area contributed by atoms with Crippen LogP contribution in [-0.2, 0) is 0 Å². The molecule has 0 spiro atoms. The van der Waals surface area contributed by atoms with Gasteiger partial charge in [0.25, 0.3) is 5.91 Å². The van der Waals surface area contributed by atoms with Crippen LogP contribution in [0.4, 0.5) is 5.69 Å². The van der Waals surface area contributed by atoms with Gasteiger partial charge in [0.1, 0.15) is 0 Å². The normalized spacial score (nSPS) is 14.9.